The maximum absolute atomic E-state index is 12.5. The molecule has 2 aromatic carbocycles. The maximum Gasteiger partial charge on any atom is 0.407 e. The lowest BCUT2D eigenvalue weighted by Gasteiger charge is -2.20. The predicted octanol–water partition coefficient (Wildman–Crippen LogP) is 3.67. The molecule has 0 saturated heterocycles. The fourth-order valence-electron chi connectivity index (χ4n) is 3.97. The van der Waals surface area contributed by atoms with E-state index in [1.807, 2.05) is 31.2 Å². The lowest BCUT2D eigenvalue weighted by atomic mass is 9.98. The van der Waals surface area contributed by atoms with Gasteiger partial charge >= 0.3 is 12.1 Å². The Balaban J connectivity index is 1.59. The molecule has 7 nitrogen and oxygen atoms in total. The van der Waals surface area contributed by atoms with E-state index in [0.717, 1.165) is 28.7 Å². The minimum Gasteiger partial charge on any atom is -0.480 e. The molecule has 0 bridgehead atoms. The van der Waals surface area contributed by atoms with Crippen molar-refractivity contribution >= 4 is 18.0 Å². The highest BCUT2D eigenvalue weighted by Crippen LogP contribution is 2.44. The van der Waals surface area contributed by atoms with E-state index in [1.165, 1.54) is 6.92 Å². The van der Waals surface area contributed by atoms with Gasteiger partial charge in [0.2, 0.25) is 5.91 Å². The third-order valence-corrected chi connectivity index (χ3v) is 5.48. The van der Waals surface area contributed by atoms with Crippen molar-refractivity contribution in [3.8, 4) is 11.1 Å². The SMILES string of the molecule is CCC[C@H](CC(=O)N[C@@H](C)C(=O)O)NC(=O)OCC1c2ccccc2-c2ccccc21. The summed E-state index contributed by atoms with van der Waals surface area (Å²) in [5.74, 6) is -1.57. The van der Waals surface area contributed by atoms with Crippen molar-refractivity contribution in [2.75, 3.05) is 6.61 Å². The van der Waals surface area contributed by atoms with Crippen molar-refractivity contribution in [2.45, 2.75) is 51.1 Å². The molecule has 1 aliphatic carbocycles. The average molecular weight is 424 g/mol. The summed E-state index contributed by atoms with van der Waals surface area (Å²) in [6, 6.07) is 14.8. The van der Waals surface area contributed by atoms with Crippen LogP contribution in [0.15, 0.2) is 48.5 Å². The number of fused-ring (bicyclic) bond motifs is 3. The van der Waals surface area contributed by atoms with Crippen LogP contribution in [0.2, 0.25) is 0 Å². The van der Waals surface area contributed by atoms with Gasteiger partial charge in [-0.3, -0.25) is 9.59 Å². The van der Waals surface area contributed by atoms with E-state index in [1.54, 1.807) is 0 Å². The Morgan fingerprint density at radius 3 is 2.13 bits per heavy atom. The molecule has 1 aliphatic rings. The summed E-state index contributed by atoms with van der Waals surface area (Å²) in [5.41, 5.74) is 4.56. The third-order valence-electron chi connectivity index (χ3n) is 5.48. The van der Waals surface area contributed by atoms with Crippen LogP contribution >= 0.6 is 0 Å². The summed E-state index contributed by atoms with van der Waals surface area (Å²) in [5, 5.41) is 14.1. The second-order valence-corrected chi connectivity index (χ2v) is 7.79. The molecule has 0 aromatic heterocycles. The van der Waals surface area contributed by atoms with Gasteiger partial charge in [0, 0.05) is 18.4 Å². The van der Waals surface area contributed by atoms with Gasteiger partial charge in [-0.05, 0) is 35.6 Å². The summed E-state index contributed by atoms with van der Waals surface area (Å²) in [6.07, 6.45) is 0.754. The van der Waals surface area contributed by atoms with Gasteiger partial charge in [0.1, 0.15) is 12.6 Å². The molecule has 3 N–H and O–H groups in total. The zero-order valence-electron chi connectivity index (χ0n) is 17.8. The topological polar surface area (TPSA) is 105 Å². The van der Waals surface area contributed by atoms with Crippen molar-refractivity contribution in [1.29, 1.82) is 0 Å². The van der Waals surface area contributed by atoms with Gasteiger partial charge in [0.25, 0.3) is 0 Å². The number of carboxylic acids is 1. The van der Waals surface area contributed by atoms with E-state index in [9.17, 15) is 14.4 Å². The molecule has 0 fully saturated rings. The van der Waals surface area contributed by atoms with E-state index in [4.69, 9.17) is 9.84 Å². The van der Waals surface area contributed by atoms with E-state index < -0.39 is 30.1 Å². The smallest absolute Gasteiger partial charge is 0.407 e. The van der Waals surface area contributed by atoms with Crippen LogP contribution in [-0.2, 0) is 14.3 Å². The summed E-state index contributed by atoms with van der Waals surface area (Å²) in [7, 11) is 0. The predicted molar refractivity (Wildman–Crippen MR) is 117 cm³/mol. The first-order chi connectivity index (χ1) is 14.9. The second kappa shape index (κ2) is 10.1. The number of hydrogen-bond donors (Lipinski definition) is 3. The second-order valence-electron chi connectivity index (χ2n) is 7.79. The summed E-state index contributed by atoms with van der Waals surface area (Å²) < 4.78 is 5.54. The van der Waals surface area contributed by atoms with Crippen LogP contribution in [0.3, 0.4) is 0 Å². The number of carbonyl (C=O) groups is 3. The number of amides is 2. The van der Waals surface area contributed by atoms with Gasteiger partial charge in [-0.25, -0.2) is 4.79 Å². The number of carboxylic acid groups (broad SMARTS) is 1. The Labute approximate surface area is 181 Å². The summed E-state index contributed by atoms with van der Waals surface area (Å²) in [4.78, 5) is 35.5. The van der Waals surface area contributed by atoms with E-state index >= 15 is 0 Å². The van der Waals surface area contributed by atoms with Crippen molar-refractivity contribution in [3.63, 3.8) is 0 Å². The molecule has 7 heteroatoms. The molecule has 3 rings (SSSR count). The molecule has 0 saturated carbocycles. The van der Waals surface area contributed by atoms with E-state index in [-0.39, 0.29) is 18.9 Å². The first-order valence-corrected chi connectivity index (χ1v) is 10.5. The Bertz CT molecular complexity index is 913. The Morgan fingerprint density at radius 1 is 1.00 bits per heavy atom. The number of ether oxygens (including phenoxy) is 1. The van der Waals surface area contributed by atoms with Gasteiger partial charge in [-0.2, -0.15) is 0 Å². The molecule has 2 atom stereocenters. The monoisotopic (exact) mass is 424 g/mol. The van der Waals surface area contributed by atoms with Crippen molar-refractivity contribution in [3.05, 3.63) is 59.7 Å². The number of aliphatic carboxylic acids is 1. The largest absolute Gasteiger partial charge is 0.480 e. The number of hydrogen-bond acceptors (Lipinski definition) is 4. The first-order valence-electron chi connectivity index (χ1n) is 10.5. The van der Waals surface area contributed by atoms with Gasteiger partial charge < -0.3 is 20.5 Å². The quantitative estimate of drug-likeness (QED) is 0.570. The number of benzene rings is 2. The van der Waals surface area contributed by atoms with Crippen LogP contribution in [-0.4, -0.2) is 41.8 Å². The van der Waals surface area contributed by atoms with Gasteiger partial charge in [0.15, 0.2) is 0 Å². The zero-order valence-corrected chi connectivity index (χ0v) is 17.8. The van der Waals surface area contributed by atoms with Crippen molar-refractivity contribution in [1.82, 2.24) is 10.6 Å². The van der Waals surface area contributed by atoms with Crippen molar-refractivity contribution < 1.29 is 24.2 Å². The molecule has 2 amide bonds. The Morgan fingerprint density at radius 2 is 1.58 bits per heavy atom. The van der Waals surface area contributed by atoms with Crippen LogP contribution < -0.4 is 10.6 Å². The molecule has 0 radical (unpaired) electrons. The highest BCUT2D eigenvalue weighted by Gasteiger charge is 2.29. The fraction of sp³-hybridized carbons (Fsp3) is 0.375. The van der Waals surface area contributed by atoms with Crippen LogP contribution in [0.1, 0.15) is 50.2 Å². The Kier molecular flexibility index (Phi) is 7.28. The van der Waals surface area contributed by atoms with Gasteiger partial charge in [0.05, 0.1) is 0 Å². The van der Waals surface area contributed by atoms with Crippen molar-refractivity contribution in [2.24, 2.45) is 0 Å². The van der Waals surface area contributed by atoms with E-state index in [2.05, 4.69) is 34.9 Å². The number of carbonyl (C=O) groups excluding carboxylic acids is 2. The Hall–Kier alpha value is -3.35. The summed E-state index contributed by atoms with van der Waals surface area (Å²) >= 11 is 0. The average Bonchev–Trinajstić information content (AvgIpc) is 3.06. The molecule has 31 heavy (non-hydrogen) atoms. The van der Waals surface area contributed by atoms with Crippen LogP contribution in [0.4, 0.5) is 4.79 Å². The number of nitrogens with one attached hydrogen (secondary N) is 2. The molecule has 164 valence electrons. The first kappa shape index (κ1) is 22.3. The summed E-state index contributed by atoms with van der Waals surface area (Å²) in [6.45, 7) is 3.54. The maximum atomic E-state index is 12.5. The normalized spacial score (nSPS) is 14.1. The van der Waals surface area contributed by atoms with Crippen LogP contribution in [0.5, 0.6) is 0 Å². The highest BCUT2D eigenvalue weighted by molar-refractivity contribution is 5.84. The van der Waals surface area contributed by atoms with Crippen LogP contribution in [0, 0.1) is 0 Å². The molecule has 0 aliphatic heterocycles. The van der Waals surface area contributed by atoms with Crippen LogP contribution in [0.25, 0.3) is 11.1 Å². The van der Waals surface area contributed by atoms with Gasteiger partial charge in [-0.1, -0.05) is 61.9 Å². The highest BCUT2D eigenvalue weighted by atomic mass is 16.5. The lowest BCUT2D eigenvalue weighted by molar-refractivity contribution is -0.141. The number of rotatable bonds is 9. The standard InChI is InChI=1S/C24H28N2O5/c1-3-8-16(13-22(27)25-15(2)23(28)29)26-24(30)31-14-21-19-11-6-4-9-17(19)18-10-5-7-12-20(18)21/h4-7,9-12,15-16,21H,3,8,13-14H2,1-2H3,(H,25,27)(H,26,30)(H,28,29)/t15-,16+/m0/s1. The fourth-order valence-corrected chi connectivity index (χ4v) is 3.97. The third kappa shape index (κ3) is 5.42. The van der Waals surface area contributed by atoms with Gasteiger partial charge in [-0.15, -0.1) is 0 Å². The zero-order chi connectivity index (χ0) is 22.4. The minimum atomic E-state index is -1.11. The molecular weight excluding hydrogens is 396 g/mol. The molecule has 0 spiro atoms. The minimum absolute atomic E-state index is 0.00431. The molecular formula is C24H28N2O5. The lowest BCUT2D eigenvalue weighted by Crippen LogP contribution is -2.43. The van der Waals surface area contributed by atoms with E-state index in [0.29, 0.717) is 6.42 Å². The molecule has 2 aromatic rings. The molecule has 0 unspecified atom stereocenters. The molecule has 0 heterocycles. The number of alkyl carbamates (subject to hydrolysis) is 1.